The summed E-state index contributed by atoms with van der Waals surface area (Å²) in [5, 5.41) is 2.73. The van der Waals surface area contributed by atoms with Crippen LogP contribution in [0.3, 0.4) is 0 Å². The number of hydrogen-bond donors (Lipinski definition) is 3. The fourth-order valence-corrected chi connectivity index (χ4v) is 5.33. The third-order valence-corrected chi connectivity index (χ3v) is 7.85. The number of rotatable bonds is 9. The standard InChI is InChI=1S/C21H29N3O4S.H2/c1-22-14-20(23-2)24-21(25)19(13-15-9-11-28-12-10-15)16-3-5-17(6-4-16)29(26,27)18-7-8-18;/h3-6,14-15,18-19,26-27H,1-2,7-13H2,(H,24,25);1H/b20-14+;/t19-;/m1./s1. The predicted molar refractivity (Wildman–Crippen MR) is 119 cm³/mol. The monoisotopic (exact) mass is 421 g/mol. The molecule has 2 fully saturated rings. The van der Waals surface area contributed by atoms with E-state index in [4.69, 9.17) is 4.74 Å². The van der Waals surface area contributed by atoms with Crippen molar-refractivity contribution in [2.24, 2.45) is 15.9 Å². The molecule has 0 radical (unpaired) electrons. The van der Waals surface area contributed by atoms with Crippen molar-refractivity contribution in [2.45, 2.75) is 48.2 Å². The van der Waals surface area contributed by atoms with E-state index in [1.54, 1.807) is 12.1 Å². The first-order chi connectivity index (χ1) is 14.0. The van der Waals surface area contributed by atoms with Crippen molar-refractivity contribution in [1.29, 1.82) is 0 Å². The Morgan fingerprint density at radius 3 is 2.45 bits per heavy atom. The van der Waals surface area contributed by atoms with Gasteiger partial charge >= 0.3 is 0 Å². The molecule has 3 N–H and O–H groups in total. The highest BCUT2D eigenvalue weighted by Gasteiger charge is 2.37. The molecule has 0 bridgehead atoms. The molecular formula is C21H31N3O4S. The van der Waals surface area contributed by atoms with Crippen molar-refractivity contribution < 1.29 is 20.1 Å². The van der Waals surface area contributed by atoms with Gasteiger partial charge in [-0.15, -0.1) is 0 Å². The number of amides is 1. The molecule has 1 aromatic carbocycles. The molecule has 1 aliphatic heterocycles. The molecule has 0 aromatic heterocycles. The molecule has 0 spiro atoms. The van der Waals surface area contributed by atoms with Crippen molar-refractivity contribution in [2.75, 3.05) is 13.2 Å². The zero-order valence-electron chi connectivity index (χ0n) is 16.5. The van der Waals surface area contributed by atoms with Gasteiger partial charge in [0, 0.05) is 14.6 Å². The molecule has 7 nitrogen and oxygen atoms in total. The van der Waals surface area contributed by atoms with E-state index in [1.807, 2.05) is 12.1 Å². The number of nitrogens with one attached hydrogen (secondary N) is 1. The number of nitrogens with zero attached hydrogens (tertiary/aromatic N) is 2. The van der Waals surface area contributed by atoms with Gasteiger partial charge in [0.25, 0.3) is 0 Å². The molecule has 1 heterocycles. The highest BCUT2D eigenvalue weighted by molar-refractivity contribution is 8.25. The topological polar surface area (TPSA) is 104 Å². The van der Waals surface area contributed by atoms with E-state index in [0.29, 0.717) is 30.4 Å². The Kier molecular flexibility index (Phi) is 7.23. The van der Waals surface area contributed by atoms with E-state index >= 15 is 0 Å². The van der Waals surface area contributed by atoms with Crippen LogP contribution in [-0.4, -0.2) is 46.9 Å². The van der Waals surface area contributed by atoms with Crippen molar-refractivity contribution in [1.82, 2.24) is 5.32 Å². The van der Waals surface area contributed by atoms with Crippen molar-refractivity contribution in [3.05, 3.63) is 41.8 Å². The molecule has 160 valence electrons. The van der Waals surface area contributed by atoms with Gasteiger partial charge in [0.05, 0.1) is 22.3 Å². The average Bonchev–Trinajstić information content (AvgIpc) is 3.58. The first kappa shape index (κ1) is 21.7. The fraction of sp³-hybridized carbons (Fsp3) is 0.476. The maximum atomic E-state index is 13.0. The van der Waals surface area contributed by atoms with Crippen LogP contribution in [0.25, 0.3) is 0 Å². The van der Waals surface area contributed by atoms with Crippen molar-refractivity contribution in [3.63, 3.8) is 0 Å². The molecule has 1 aliphatic carbocycles. The molecule has 0 unspecified atom stereocenters. The van der Waals surface area contributed by atoms with Gasteiger partial charge in [-0.1, -0.05) is 12.1 Å². The molecule has 8 heteroatoms. The van der Waals surface area contributed by atoms with Gasteiger partial charge in [-0.25, -0.2) is 4.99 Å². The van der Waals surface area contributed by atoms with Crippen LogP contribution in [0.5, 0.6) is 0 Å². The quantitative estimate of drug-likeness (QED) is 0.513. The van der Waals surface area contributed by atoms with Gasteiger partial charge in [-0.3, -0.25) is 18.9 Å². The van der Waals surface area contributed by atoms with E-state index < -0.39 is 16.5 Å². The molecule has 1 saturated heterocycles. The summed E-state index contributed by atoms with van der Waals surface area (Å²) in [4.78, 5) is 21.0. The first-order valence-electron chi connectivity index (χ1n) is 9.84. The van der Waals surface area contributed by atoms with Gasteiger partial charge < -0.3 is 10.1 Å². The van der Waals surface area contributed by atoms with E-state index in [1.165, 1.54) is 6.20 Å². The van der Waals surface area contributed by atoms with Crippen LogP contribution in [0.2, 0.25) is 0 Å². The first-order valence-corrected chi connectivity index (χ1v) is 11.4. The third kappa shape index (κ3) is 5.54. The smallest absolute Gasteiger partial charge is 0.233 e. The molecule has 1 saturated carbocycles. The summed E-state index contributed by atoms with van der Waals surface area (Å²) in [6.45, 7) is 8.25. The summed E-state index contributed by atoms with van der Waals surface area (Å²) in [5.41, 5.74) is 0.832. The molecule has 3 rings (SSSR count). The number of benzene rings is 1. The number of carbonyl (C=O) groups is 1. The highest BCUT2D eigenvalue weighted by Crippen LogP contribution is 2.61. The van der Waals surface area contributed by atoms with E-state index in [-0.39, 0.29) is 18.4 Å². The SMILES string of the molecule is C=N/C=C(\N=C)NC(=O)[C@H](CC1CCOCC1)c1ccc(S(O)(O)C2CC2)cc1.[HH]. The lowest BCUT2D eigenvalue weighted by Crippen LogP contribution is -2.30. The Hall–Kier alpha value is -2.00. The highest BCUT2D eigenvalue weighted by atomic mass is 32.3. The Bertz CT molecular complexity index is 775. The Morgan fingerprint density at radius 1 is 1.24 bits per heavy atom. The molecule has 1 amide bonds. The minimum Gasteiger partial charge on any atom is -0.381 e. The average molecular weight is 422 g/mol. The maximum absolute atomic E-state index is 13.0. The second-order valence-electron chi connectivity index (χ2n) is 7.55. The zero-order valence-corrected chi connectivity index (χ0v) is 17.3. The second kappa shape index (κ2) is 9.67. The van der Waals surface area contributed by atoms with Crippen LogP contribution >= 0.6 is 10.6 Å². The maximum Gasteiger partial charge on any atom is 0.233 e. The number of carbonyl (C=O) groups excluding carboxylic acids is 1. The van der Waals surface area contributed by atoms with Crippen LogP contribution in [-0.2, 0) is 9.53 Å². The Labute approximate surface area is 174 Å². The second-order valence-corrected chi connectivity index (χ2v) is 9.87. The lowest BCUT2D eigenvalue weighted by atomic mass is 9.84. The molecule has 2 aliphatic rings. The van der Waals surface area contributed by atoms with Gasteiger partial charge in [-0.2, -0.15) is 10.6 Å². The van der Waals surface area contributed by atoms with Gasteiger partial charge in [0.1, 0.15) is 5.82 Å². The number of aliphatic imine (C=N–C) groups is 2. The van der Waals surface area contributed by atoms with Crippen LogP contribution in [0, 0.1) is 5.92 Å². The summed E-state index contributed by atoms with van der Waals surface area (Å²) in [7, 11) is -2.75. The lowest BCUT2D eigenvalue weighted by Gasteiger charge is -2.33. The molecular weight excluding hydrogens is 390 g/mol. The Balaban J connectivity index is 0.00000320. The lowest BCUT2D eigenvalue weighted by molar-refractivity contribution is -0.122. The molecule has 29 heavy (non-hydrogen) atoms. The minimum atomic E-state index is -2.75. The predicted octanol–water partition coefficient (Wildman–Crippen LogP) is 4.42. The summed E-state index contributed by atoms with van der Waals surface area (Å²) in [5.74, 6) is 0.0411. The summed E-state index contributed by atoms with van der Waals surface area (Å²) in [6, 6.07) is 7.13. The van der Waals surface area contributed by atoms with Crippen LogP contribution in [0.1, 0.15) is 45.0 Å². The molecule has 1 aromatic rings. The van der Waals surface area contributed by atoms with Crippen LogP contribution in [0.4, 0.5) is 0 Å². The summed E-state index contributed by atoms with van der Waals surface area (Å²) >= 11 is 0. The normalized spacial score (nSPS) is 20.0. The van der Waals surface area contributed by atoms with Crippen LogP contribution in [0.15, 0.2) is 51.2 Å². The number of ether oxygens (including phenoxy) is 1. The zero-order chi connectivity index (χ0) is 20.9. The van der Waals surface area contributed by atoms with Crippen LogP contribution < -0.4 is 5.32 Å². The van der Waals surface area contributed by atoms with Gasteiger partial charge in [0.2, 0.25) is 5.91 Å². The van der Waals surface area contributed by atoms with Crippen molar-refractivity contribution >= 4 is 29.9 Å². The largest absolute Gasteiger partial charge is 0.381 e. The summed E-state index contributed by atoms with van der Waals surface area (Å²) in [6.07, 6.45) is 5.56. The summed E-state index contributed by atoms with van der Waals surface area (Å²) < 4.78 is 26.3. The van der Waals surface area contributed by atoms with Gasteiger partial charge in [0.15, 0.2) is 0 Å². The minimum absolute atomic E-state index is 0. The number of hydrogen-bond acceptors (Lipinski definition) is 6. The Morgan fingerprint density at radius 2 is 1.90 bits per heavy atom. The fourth-order valence-electron chi connectivity index (χ4n) is 3.61. The van der Waals surface area contributed by atoms with E-state index in [9.17, 15) is 13.9 Å². The van der Waals surface area contributed by atoms with E-state index in [0.717, 1.165) is 31.2 Å². The van der Waals surface area contributed by atoms with E-state index in [2.05, 4.69) is 28.7 Å². The molecule has 1 atom stereocenters. The van der Waals surface area contributed by atoms with Gasteiger partial charge in [-0.05, 0) is 69.2 Å². The third-order valence-electron chi connectivity index (χ3n) is 5.48. The van der Waals surface area contributed by atoms with Crippen molar-refractivity contribution in [3.8, 4) is 0 Å².